The van der Waals surface area contributed by atoms with E-state index in [0.717, 1.165) is 16.9 Å². The molecule has 0 fully saturated rings. The Balaban J connectivity index is 2.70. The summed E-state index contributed by atoms with van der Waals surface area (Å²) in [4.78, 5) is 18.1. The van der Waals surface area contributed by atoms with Gasteiger partial charge in [-0.1, -0.05) is 26.8 Å². The average molecular weight is 259 g/mol. The molecule has 0 aliphatic heterocycles. The molecule has 0 atom stereocenters. The number of fused-ring (bicyclic) bond motifs is 1. The van der Waals surface area contributed by atoms with Crippen molar-refractivity contribution in [1.82, 2.24) is 14.3 Å². The topological polar surface area (TPSA) is 37.6 Å². The van der Waals surface area contributed by atoms with Gasteiger partial charge in [-0.3, -0.25) is 4.79 Å². The zero-order valence-corrected chi connectivity index (χ0v) is 12.5. The summed E-state index contributed by atoms with van der Waals surface area (Å²) in [6.07, 6.45) is 1.82. The molecule has 4 nitrogen and oxygen atoms in total. The molecule has 2 aromatic rings. The lowest BCUT2D eigenvalue weighted by Gasteiger charge is -2.20. The Morgan fingerprint density at radius 1 is 1.26 bits per heavy atom. The number of hydrogen-bond acceptors (Lipinski definition) is 2. The van der Waals surface area contributed by atoms with Crippen LogP contribution >= 0.6 is 0 Å². The molecule has 0 saturated carbocycles. The Morgan fingerprint density at radius 3 is 2.42 bits per heavy atom. The van der Waals surface area contributed by atoms with Gasteiger partial charge in [0.15, 0.2) is 0 Å². The van der Waals surface area contributed by atoms with E-state index >= 15 is 0 Å². The van der Waals surface area contributed by atoms with Crippen molar-refractivity contribution in [1.29, 1.82) is 0 Å². The first kappa shape index (κ1) is 13.6. The highest BCUT2D eigenvalue weighted by Crippen LogP contribution is 2.27. The fourth-order valence-corrected chi connectivity index (χ4v) is 2.12. The molecule has 0 bridgehead atoms. The van der Waals surface area contributed by atoms with E-state index in [0.29, 0.717) is 5.69 Å². The Bertz CT molecular complexity index is 633. The summed E-state index contributed by atoms with van der Waals surface area (Å²) in [6, 6.07) is 4.17. The Hall–Kier alpha value is -1.84. The van der Waals surface area contributed by atoms with Crippen molar-refractivity contribution in [2.45, 2.75) is 33.1 Å². The fraction of sp³-hybridized carbons (Fsp3) is 0.467. The third kappa shape index (κ3) is 2.35. The highest BCUT2D eigenvalue weighted by Gasteiger charge is 2.21. The first-order chi connectivity index (χ1) is 8.71. The predicted molar refractivity (Wildman–Crippen MR) is 76.6 cm³/mol. The number of carbonyl (C=O) groups excluding carboxylic acids is 1. The van der Waals surface area contributed by atoms with Gasteiger partial charge in [0, 0.05) is 31.5 Å². The van der Waals surface area contributed by atoms with Crippen molar-refractivity contribution >= 4 is 11.6 Å². The SMILES string of the molecule is Cc1ccc(C(C)(C)C)c2nc(C(=O)N(C)C)cn12. The highest BCUT2D eigenvalue weighted by molar-refractivity contribution is 5.92. The van der Waals surface area contributed by atoms with Crippen LogP contribution in [0.25, 0.3) is 5.65 Å². The number of nitrogens with zero attached hydrogens (tertiary/aromatic N) is 3. The first-order valence-corrected chi connectivity index (χ1v) is 6.42. The monoisotopic (exact) mass is 259 g/mol. The van der Waals surface area contributed by atoms with E-state index in [9.17, 15) is 4.79 Å². The second-order valence-corrected chi connectivity index (χ2v) is 6.16. The molecule has 0 saturated heterocycles. The van der Waals surface area contributed by atoms with Crippen LogP contribution in [0.4, 0.5) is 0 Å². The van der Waals surface area contributed by atoms with Gasteiger partial charge in [-0.25, -0.2) is 4.98 Å². The molecule has 4 heteroatoms. The average Bonchev–Trinajstić information content (AvgIpc) is 2.71. The lowest BCUT2D eigenvalue weighted by molar-refractivity contribution is 0.0822. The molecule has 0 aromatic carbocycles. The van der Waals surface area contributed by atoms with E-state index in [-0.39, 0.29) is 11.3 Å². The number of imidazole rings is 1. The Morgan fingerprint density at radius 2 is 1.89 bits per heavy atom. The maximum Gasteiger partial charge on any atom is 0.273 e. The molecule has 2 heterocycles. The standard InChI is InChI=1S/C15H21N3O/c1-10-7-8-11(15(2,3)4)13-16-12(9-18(10)13)14(19)17(5)6/h7-9H,1-6H3. The Kier molecular flexibility index (Phi) is 3.12. The summed E-state index contributed by atoms with van der Waals surface area (Å²) < 4.78 is 2.00. The van der Waals surface area contributed by atoms with Crippen molar-refractivity contribution in [2.75, 3.05) is 14.1 Å². The number of aromatic nitrogens is 2. The molecule has 19 heavy (non-hydrogen) atoms. The maximum absolute atomic E-state index is 12.0. The fourth-order valence-electron chi connectivity index (χ4n) is 2.12. The maximum atomic E-state index is 12.0. The second-order valence-electron chi connectivity index (χ2n) is 6.16. The molecule has 2 rings (SSSR count). The van der Waals surface area contributed by atoms with Gasteiger partial charge >= 0.3 is 0 Å². The lowest BCUT2D eigenvalue weighted by Crippen LogP contribution is -2.21. The van der Waals surface area contributed by atoms with Crippen LogP contribution in [0.2, 0.25) is 0 Å². The minimum atomic E-state index is -0.0667. The van der Waals surface area contributed by atoms with Crippen LogP contribution in [0.15, 0.2) is 18.3 Å². The molecule has 0 radical (unpaired) electrons. The van der Waals surface area contributed by atoms with Gasteiger partial charge in [0.2, 0.25) is 0 Å². The normalized spacial score (nSPS) is 11.9. The number of rotatable bonds is 1. The smallest absolute Gasteiger partial charge is 0.273 e. The van der Waals surface area contributed by atoms with Gasteiger partial charge in [-0.2, -0.15) is 0 Å². The van der Waals surface area contributed by atoms with E-state index in [4.69, 9.17) is 0 Å². The Labute approximate surface area is 114 Å². The molecule has 0 N–H and O–H groups in total. The molecular formula is C15H21N3O. The quantitative estimate of drug-likeness (QED) is 0.789. The van der Waals surface area contributed by atoms with E-state index in [1.165, 1.54) is 0 Å². The van der Waals surface area contributed by atoms with Crippen LogP contribution in [0.1, 0.15) is 42.5 Å². The molecule has 0 aliphatic carbocycles. The minimum Gasteiger partial charge on any atom is -0.343 e. The summed E-state index contributed by atoms with van der Waals surface area (Å²) >= 11 is 0. The van der Waals surface area contributed by atoms with Crippen molar-refractivity contribution in [3.8, 4) is 0 Å². The minimum absolute atomic E-state index is 0.00125. The summed E-state index contributed by atoms with van der Waals surface area (Å²) in [5.74, 6) is -0.0667. The zero-order chi connectivity index (χ0) is 14.4. The van der Waals surface area contributed by atoms with Gasteiger partial charge in [0.25, 0.3) is 5.91 Å². The molecule has 0 aliphatic rings. The summed E-state index contributed by atoms with van der Waals surface area (Å²) in [7, 11) is 3.48. The van der Waals surface area contributed by atoms with Gasteiger partial charge < -0.3 is 9.30 Å². The predicted octanol–water partition coefficient (Wildman–Crippen LogP) is 2.64. The van der Waals surface area contributed by atoms with Crippen LogP contribution in [-0.2, 0) is 5.41 Å². The second kappa shape index (κ2) is 4.37. The van der Waals surface area contributed by atoms with E-state index in [2.05, 4.69) is 37.9 Å². The molecule has 1 amide bonds. The third-order valence-electron chi connectivity index (χ3n) is 3.25. The molecule has 0 unspecified atom stereocenters. The van der Waals surface area contributed by atoms with E-state index in [1.807, 2.05) is 17.5 Å². The van der Waals surface area contributed by atoms with E-state index in [1.54, 1.807) is 19.0 Å². The van der Waals surface area contributed by atoms with Crippen LogP contribution in [0, 0.1) is 6.92 Å². The van der Waals surface area contributed by atoms with Gasteiger partial charge in [0.1, 0.15) is 11.3 Å². The van der Waals surface area contributed by atoms with Crippen LogP contribution in [0.5, 0.6) is 0 Å². The lowest BCUT2D eigenvalue weighted by atomic mass is 9.87. The molecule has 2 aromatic heterocycles. The highest BCUT2D eigenvalue weighted by atomic mass is 16.2. The number of pyridine rings is 1. The molecular weight excluding hydrogens is 238 g/mol. The van der Waals surface area contributed by atoms with Gasteiger partial charge in [-0.05, 0) is 18.4 Å². The van der Waals surface area contributed by atoms with Gasteiger partial charge in [-0.15, -0.1) is 0 Å². The number of hydrogen-bond donors (Lipinski definition) is 0. The van der Waals surface area contributed by atoms with Crippen molar-refractivity contribution in [3.05, 3.63) is 35.3 Å². The first-order valence-electron chi connectivity index (χ1n) is 6.42. The summed E-state index contributed by atoms with van der Waals surface area (Å²) in [6.45, 7) is 8.48. The zero-order valence-electron chi connectivity index (χ0n) is 12.5. The summed E-state index contributed by atoms with van der Waals surface area (Å²) in [5.41, 5.74) is 3.59. The van der Waals surface area contributed by atoms with E-state index < -0.39 is 0 Å². The summed E-state index contributed by atoms with van der Waals surface area (Å²) in [5, 5.41) is 0. The number of carbonyl (C=O) groups is 1. The number of aryl methyl sites for hydroxylation is 1. The molecule has 102 valence electrons. The largest absolute Gasteiger partial charge is 0.343 e. The van der Waals surface area contributed by atoms with Gasteiger partial charge in [0.05, 0.1) is 0 Å². The van der Waals surface area contributed by atoms with Crippen molar-refractivity contribution < 1.29 is 4.79 Å². The molecule has 0 spiro atoms. The van der Waals surface area contributed by atoms with Crippen molar-refractivity contribution in [2.24, 2.45) is 0 Å². The van der Waals surface area contributed by atoms with Crippen molar-refractivity contribution in [3.63, 3.8) is 0 Å². The van der Waals surface area contributed by atoms with Crippen LogP contribution < -0.4 is 0 Å². The van der Waals surface area contributed by atoms with Crippen LogP contribution in [-0.4, -0.2) is 34.3 Å². The third-order valence-corrected chi connectivity index (χ3v) is 3.25. The number of amides is 1. The van der Waals surface area contributed by atoms with Crippen LogP contribution in [0.3, 0.4) is 0 Å².